The Balaban J connectivity index is 2.15. The Morgan fingerprint density at radius 2 is 2.23 bits per heavy atom. The number of anilines is 1. The number of rotatable bonds is 3. The number of aromatic nitrogens is 1. The number of piperidine rings is 1. The molecular formula is C14H17Cl2N3O3. The van der Waals surface area contributed by atoms with Gasteiger partial charge in [0.2, 0.25) is 0 Å². The van der Waals surface area contributed by atoms with Crippen LogP contribution in [0.4, 0.5) is 5.82 Å². The maximum atomic E-state index is 12.6. The van der Waals surface area contributed by atoms with Crippen LogP contribution in [0.1, 0.15) is 30.1 Å². The molecule has 2 N–H and O–H groups in total. The zero-order chi connectivity index (χ0) is 16.3. The van der Waals surface area contributed by atoms with Gasteiger partial charge in [-0.05, 0) is 25.8 Å². The molecule has 1 aromatic rings. The number of esters is 1. The average molecular weight is 346 g/mol. The number of amides is 1. The Morgan fingerprint density at radius 1 is 1.50 bits per heavy atom. The molecule has 0 bridgehead atoms. The fourth-order valence-electron chi connectivity index (χ4n) is 2.44. The second-order valence-electron chi connectivity index (χ2n) is 5.04. The van der Waals surface area contributed by atoms with E-state index in [1.807, 2.05) is 0 Å². The van der Waals surface area contributed by atoms with Crippen LogP contribution >= 0.6 is 23.2 Å². The zero-order valence-electron chi connectivity index (χ0n) is 12.1. The lowest BCUT2D eigenvalue weighted by Gasteiger charge is -2.31. The Bertz CT molecular complexity index is 595. The van der Waals surface area contributed by atoms with Gasteiger partial charge in [-0.2, -0.15) is 0 Å². The van der Waals surface area contributed by atoms with Gasteiger partial charge >= 0.3 is 5.97 Å². The highest BCUT2D eigenvalue weighted by Gasteiger charge is 2.30. The normalized spacial score (nSPS) is 18.1. The summed E-state index contributed by atoms with van der Waals surface area (Å²) in [5.74, 6) is -0.870. The lowest BCUT2D eigenvalue weighted by molar-refractivity contribution is -0.149. The summed E-state index contributed by atoms with van der Waals surface area (Å²) in [6.45, 7) is 2.93. The first-order valence-corrected chi connectivity index (χ1v) is 7.77. The van der Waals surface area contributed by atoms with Crippen molar-refractivity contribution in [2.24, 2.45) is 5.92 Å². The van der Waals surface area contributed by atoms with Crippen molar-refractivity contribution < 1.29 is 14.3 Å². The van der Waals surface area contributed by atoms with E-state index in [2.05, 4.69) is 4.98 Å². The van der Waals surface area contributed by atoms with Crippen molar-refractivity contribution in [2.75, 3.05) is 25.4 Å². The van der Waals surface area contributed by atoms with E-state index < -0.39 is 0 Å². The van der Waals surface area contributed by atoms with Gasteiger partial charge in [-0.3, -0.25) is 9.59 Å². The van der Waals surface area contributed by atoms with Crippen molar-refractivity contribution >= 4 is 40.9 Å². The quantitative estimate of drug-likeness (QED) is 0.671. The number of pyridine rings is 1. The van der Waals surface area contributed by atoms with E-state index in [4.69, 9.17) is 33.7 Å². The summed E-state index contributed by atoms with van der Waals surface area (Å²) in [4.78, 5) is 29.8. The maximum Gasteiger partial charge on any atom is 0.310 e. The number of halogens is 2. The van der Waals surface area contributed by atoms with E-state index in [0.717, 1.165) is 6.42 Å². The van der Waals surface area contributed by atoms with E-state index in [1.165, 1.54) is 6.07 Å². The highest BCUT2D eigenvalue weighted by atomic mass is 35.5. The maximum absolute atomic E-state index is 12.6. The largest absolute Gasteiger partial charge is 0.466 e. The zero-order valence-corrected chi connectivity index (χ0v) is 13.7. The molecule has 6 nitrogen and oxygen atoms in total. The lowest BCUT2D eigenvalue weighted by atomic mass is 9.97. The van der Waals surface area contributed by atoms with Crippen LogP contribution in [-0.2, 0) is 9.53 Å². The van der Waals surface area contributed by atoms with Crippen molar-refractivity contribution in [3.63, 3.8) is 0 Å². The molecule has 1 aliphatic heterocycles. The van der Waals surface area contributed by atoms with Gasteiger partial charge in [0.05, 0.1) is 23.1 Å². The second kappa shape index (κ2) is 7.15. The summed E-state index contributed by atoms with van der Waals surface area (Å²) in [5.41, 5.74) is 5.94. The van der Waals surface area contributed by atoms with Gasteiger partial charge in [-0.1, -0.05) is 23.2 Å². The molecule has 0 aromatic carbocycles. The molecule has 2 heterocycles. The number of hydrogen-bond acceptors (Lipinski definition) is 5. The van der Waals surface area contributed by atoms with Gasteiger partial charge in [0, 0.05) is 13.1 Å². The molecule has 1 amide bonds. The Hall–Kier alpha value is -1.53. The second-order valence-corrected chi connectivity index (χ2v) is 5.80. The van der Waals surface area contributed by atoms with Crippen molar-refractivity contribution in [1.82, 2.24) is 9.88 Å². The molecule has 0 aliphatic carbocycles. The van der Waals surface area contributed by atoms with E-state index >= 15 is 0 Å². The fraction of sp³-hybridized carbons (Fsp3) is 0.500. The van der Waals surface area contributed by atoms with Crippen LogP contribution in [0.3, 0.4) is 0 Å². The summed E-state index contributed by atoms with van der Waals surface area (Å²) < 4.78 is 5.02. The molecule has 0 unspecified atom stereocenters. The summed E-state index contributed by atoms with van der Waals surface area (Å²) in [6.07, 6.45) is 1.43. The monoisotopic (exact) mass is 345 g/mol. The minimum absolute atomic E-state index is 0.0256. The number of carbonyl (C=O) groups excluding carboxylic acids is 2. The van der Waals surface area contributed by atoms with Crippen molar-refractivity contribution in [2.45, 2.75) is 19.8 Å². The van der Waals surface area contributed by atoms with E-state index in [0.29, 0.717) is 26.1 Å². The number of hydrogen-bond donors (Lipinski definition) is 1. The Labute approximate surface area is 138 Å². The molecule has 1 aliphatic rings. The van der Waals surface area contributed by atoms with Gasteiger partial charge < -0.3 is 15.4 Å². The van der Waals surface area contributed by atoms with Crippen molar-refractivity contribution in [3.8, 4) is 0 Å². The van der Waals surface area contributed by atoms with Crippen LogP contribution in [0.5, 0.6) is 0 Å². The Kier molecular flexibility index (Phi) is 5.47. The molecule has 2 rings (SSSR count). The van der Waals surface area contributed by atoms with Gasteiger partial charge in [-0.25, -0.2) is 4.98 Å². The highest BCUT2D eigenvalue weighted by Crippen LogP contribution is 2.26. The lowest BCUT2D eigenvalue weighted by Crippen LogP contribution is -2.43. The molecular weight excluding hydrogens is 329 g/mol. The SMILES string of the molecule is CCOC(=O)[C@@H]1CCCN(C(=O)c2cc(Cl)c(Cl)nc2N)C1. The number of carbonyl (C=O) groups is 2. The van der Waals surface area contributed by atoms with Crippen LogP contribution in [0.25, 0.3) is 0 Å². The molecule has 1 fully saturated rings. The minimum Gasteiger partial charge on any atom is -0.466 e. The van der Waals surface area contributed by atoms with Crippen molar-refractivity contribution in [1.29, 1.82) is 0 Å². The molecule has 0 radical (unpaired) electrons. The van der Waals surface area contributed by atoms with Crippen LogP contribution < -0.4 is 5.73 Å². The predicted molar refractivity (Wildman–Crippen MR) is 83.9 cm³/mol. The van der Waals surface area contributed by atoms with Crippen LogP contribution in [0.2, 0.25) is 10.2 Å². The molecule has 1 atom stereocenters. The van der Waals surface area contributed by atoms with E-state index in [1.54, 1.807) is 11.8 Å². The Morgan fingerprint density at radius 3 is 2.91 bits per heavy atom. The molecule has 120 valence electrons. The predicted octanol–water partition coefficient (Wildman–Crippen LogP) is 2.39. The van der Waals surface area contributed by atoms with Gasteiger partial charge in [-0.15, -0.1) is 0 Å². The third-order valence-corrected chi connectivity index (χ3v) is 4.19. The summed E-state index contributed by atoms with van der Waals surface area (Å²) in [5, 5.41) is 0.219. The topological polar surface area (TPSA) is 85.5 Å². The first-order chi connectivity index (χ1) is 10.4. The molecule has 1 aromatic heterocycles. The van der Waals surface area contributed by atoms with Crippen LogP contribution in [-0.4, -0.2) is 41.5 Å². The molecule has 22 heavy (non-hydrogen) atoms. The number of nitrogens with two attached hydrogens (primary N) is 1. The standard InChI is InChI=1S/C14H17Cl2N3O3/c1-2-22-14(21)8-4-3-5-19(7-8)13(20)9-6-10(15)11(16)18-12(9)17/h6,8H,2-5,7H2,1H3,(H2,17,18)/t8-/m1/s1. The average Bonchev–Trinajstić information content (AvgIpc) is 2.50. The third kappa shape index (κ3) is 3.62. The molecule has 0 saturated carbocycles. The van der Waals surface area contributed by atoms with E-state index in [-0.39, 0.29) is 39.4 Å². The van der Waals surface area contributed by atoms with Crippen LogP contribution in [0, 0.1) is 5.92 Å². The fourth-order valence-corrected chi connectivity index (χ4v) is 2.73. The number of nitrogens with zero attached hydrogens (tertiary/aromatic N) is 2. The highest BCUT2D eigenvalue weighted by molar-refractivity contribution is 6.41. The molecule has 8 heteroatoms. The van der Waals surface area contributed by atoms with Gasteiger partial charge in [0.25, 0.3) is 5.91 Å². The van der Waals surface area contributed by atoms with Crippen molar-refractivity contribution in [3.05, 3.63) is 21.8 Å². The van der Waals surface area contributed by atoms with E-state index in [9.17, 15) is 9.59 Å². The number of nitrogen functional groups attached to an aromatic ring is 1. The minimum atomic E-state index is -0.311. The smallest absolute Gasteiger partial charge is 0.310 e. The molecule has 1 saturated heterocycles. The summed E-state index contributed by atoms with van der Waals surface area (Å²) in [7, 11) is 0. The van der Waals surface area contributed by atoms with Gasteiger partial charge in [0.15, 0.2) is 0 Å². The number of ether oxygens (including phenoxy) is 1. The first-order valence-electron chi connectivity index (χ1n) is 7.01. The third-order valence-electron chi connectivity index (χ3n) is 3.52. The first kappa shape index (κ1) is 16.8. The number of likely N-dealkylation sites (tertiary alicyclic amines) is 1. The van der Waals surface area contributed by atoms with Crippen LogP contribution in [0.15, 0.2) is 6.07 Å². The summed E-state index contributed by atoms with van der Waals surface area (Å²) in [6, 6.07) is 1.41. The summed E-state index contributed by atoms with van der Waals surface area (Å²) >= 11 is 11.7. The molecule has 0 spiro atoms. The van der Waals surface area contributed by atoms with Gasteiger partial charge in [0.1, 0.15) is 11.0 Å².